The molecule has 1 aliphatic rings. The van der Waals surface area contributed by atoms with E-state index in [0.29, 0.717) is 24.6 Å². The number of carbonyl (C=O) groups excluding carboxylic acids is 2. The number of rotatable bonds is 5. The SMILES string of the molecule is CC(=O)NC1CCN(C(=O)c2ccc(COc3ccc(Br)cc3)o2)CC1. The average molecular weight is 421 g/mol. The molecule has 0 spiro atoms. The van der Waals surface area contributed by atoms with E-state index in [1.165, 1.54) is 6.92 Å². The third kappa shape index (κ3) is 4.88. The van der Waals surface area contributed by atoms with Crippen molar-refractivity contribution in [2.75, 3.05) is 13.1 Å². The summed E-state index contributed by atoms with van der Waals surface area (Å²) in [5.74, 6) is 1.50. The Morgan fingerprint density at radius 3 is 2.54 bits per heavy atom. The summed E-state index contributed by atoms with van der Waals surface area (Å²) < 4.78 is 12.3. The van der Waals surface area contributed by atoms with Gasteiger partial charge in [0.15, 0.2) is 5.76 Å². The van der Waals surface area contributed by atoms with E-state index < -0.39 is 0 Å². The van der Waals surface area contributed by atoms with Gasteiger partial charge in [0, 0.05) is 30.5 Å². The maximum atomic E-state index is 12.6. The summed E-state index contributed by atoms with van der Waals surface area (Å²) in [6.07, 6.45) is 1.51. The van der Waals surface area contributed by atoms with Gasteiger partial charge >= 0.3 is 0 Å². The number of halogens is 1. The van der Waals surface area contributed by atoms with Crippen molar-refractivity contribution in [1.82, 2.24) is 10.2 Å². The van der Waals surface area contributed by atoms with E-state index in [1.807, 2.05) is 24.3 Å². The molecule has 1 N–H and O–H groups in total. The van der Waals surface area contributed by atoms with Crippen LogP contribution in [-0.2, 0) is 11.4 Å². The first-order chi connectivity index (χ1) is 12.5. The number of hydrogen-bond donors (Lipinski definition) is 1. The maximum absolute atomic E-state index is 12.6. The van der Waals surface area contributed by atoms with Crippen molar-refractivity contribution >= 4 is 27.7 Å². The van der Waals surface area contributed by atoms with Crippen LogP contribution in [0.25, 0.3) is 0 Å². The monoisotopic (exact) mass is 420 g/mol. The van der Waals surface area contributed by atoms with E-state index in [0.717, 1.165) is 23.1 Å². The Hall–Kier alpha value is -2.28. The Morgan fingerprint density at radius 2 is 1.88 bits per heavy atom. The molecule has 26 heavy (non-hydrogen) atoms. The van der Waals surface area contributed by atoms with E-state index in [1.54, 1.807) is 17.0 Å². The number of nitrogens with zero attached hydrogens (tertiary/aromatic N) is 1. The van der Waals surface area contributed by atoms with E-state index >= 15 is 0 Å². The van der Waals surface area contributed by atoms with Crippen molar-refractivity contribution in [2.45, 2.75) is 32.4 Å². The fourth-order valence-electron chi connectivity index (χ4n) is 2.93. The molecule has 0 saturated carbocycles. The summed E-state index contributed by atoms with van der Waals surface area (Å²) in [6, 6.07) is 11.1. The van der Waals surface area contributed by atoms with Crippen LogP contribution in [-0.4, -0.2) is 35.8 Å². The van der Waals surface area contributed by atoms with Crippen LogP contribution >= 0.6 is 15.9 Å². The Balaban J connectivity index is 1.51. The van der Waals surface area contributed by atoms with Crippen LogP contribution in [0.5, 0.6) is 5.75 Å². The standard InChI is InChI=1S/C19H21BrN2O4/c1-13(23)21-15-8-10-22(11-9-15)19(24)18-7-6-17(26-18)12-25-16-4-2-14(20)3-5-16/h2-7,15H,8-12H2,1H3,(H,21,23). The minimum atomic E-state index is -0.124. The highest BCUT2D eigenvalue weighted by atomic mass is 79.9. The van der Waals surface area contributed by atoms with Gasteiger partial charge in [-0.15, -0.1) is 0 Å². The molecule has 2 amide bonds. The number of ether oxygens (including phenoxy) is 1. The van der Waals surface area contributed by atoms with Crippen LogP contribution in [0, 0.1) is 0 Å². The third-order valence-electron chi connectivity index (χ3n) is 4.26. The van der Waals surface area contributed by atoms with Gasteiger partial charge in [-0.3, -0.25) is 9.59 Å². The Kier molecular flexibility index (Phi) is 5.98. The van der Waals surface area contributed by atoms with E-state index in [-0.39, 0.29) is 24.5 Å². The average Bonchev–Trinajstić information content (AvgIpc) is 3.10. The lowest BCUT2D eigenvalue weighted by Gasteiger charge is -2.31. The van der Waals surface area contributed by atoms with Gasteiger partial charge < -0.3 is 19.4 Å². The zero-order valence-electron chi connectivity index (χ0n) is 14.5. The van der Waals surface area contributed by atoms with Crippen molar-refractivity contribution in [1.29, 1.82) is 0 Å². The van der Waals surface area contributed by atoms with Crippen LogP contribution in [0.2, 0.25) is 0 Å². The Bertz CT molecular complexity index is 764. The minimum Gasteiger partial charge on any atom is -0.486 e. The number of benzene rings is 1. The number of amides is 2. The predicted molar refractivity (Wildman–Crippen MR) is 99.9 cm³/mol. The molecule has 0 aliphatic carbocycles. The van der Waals surface area contributed by atoms with Crippen LogP contribution in [0.1, 0.15) is 36.1 Å². The van der Waals surface area contributed by atoms with Gasteiger partial charge in [-0.05, 0) is 49.2 Å². The lowest BCUT2D eigenvalue weighted by atomic mass is 10.0. The molecule has 1 saturated heterocycles. The normalized spacial score (nSPS) is 14.9. The molecular formula is C19H21BrN2O4. The van der Waals surface area contributed by atoms with E-state index in [9.17, 15) is 9.59 Å². The number of hydrogen-bond acceptors (Lipinski definition) is 4. The zero-order valence-corrected chi connectivity index (χ0v) is 16.1. The first kappa shape index (κ1) is 18.5. The van der Waals surface area contributed by atoms with Crippen molar-refractivity contribution < 1.29 is 18.7 Å². The number of furan rings is 1. The topological polar surface area (TPSA) is 71.8 Å². The smallest absolute Gasteiger partial charge is 0.289 e. The zero-order chi connectivity index (χ0) is 18.5. The number of piperidine rings is 1. The van der Waals surface area contributed by atoms with Crippen LogP contribution in [0.4, 0.5) is 0 Å². The highest BCUT2D eigenvalue weighted by molar-refractivity contribution is 9.10. The molecule has 3 rings (SSSR count). The molecule has 0 radical (unpaired) electrons. The van der Waals surface area contributed by atoms with Gasteiger partial charge in [0.1, 0.15) is 18.1 Å². The first-order valence-electron chi connectivity index (χ1n) is 8.55. The lowest BCUT2D eigenvalue weighted by Crippen LogP contribution is -2.46. The van der Waals surface area contributed by atoms with Gasteiger partial charge in [0.05, 0.1) is 0 Å². The molecule has 1 aromatic heterocycles. The molecular weight excluding hydrogens is 400 g/mol. The molecule has 1 aromatic carbocycles. The number of likely N-dealkylation sites (tertiary alicyclic amines) is 1. The Morgan fingerprint density at radius 1 is 1.19 bits per heavy atom. The molecule has 138 valence electrons. The van der Waals surface area contributed by atoms with Gasteiger partial charge in [-0.25, -0.2) is 0 Å². The third-order valence-corrected chi connectivity index (χ3v) is 4.79. The summed E-state index contributed by atoms with van der Waals surface area (Å²) in [4.78, 5) is 25.4. The molecule has 1 aliphatic heterocycles. The highest BCUT2D eigenvalue weighted by Gasteiger charge is 2.25. The summed E-state index contributed by atoms with van der Waals surface area (Å²) in [5, 5.41) is 2.90. The van der Waals surface area contributed by atoms with Gasteiger partial charge in [0.25, 0.3) is 5.91 Å². The van der Waals surface area contributed by atoms with E-state index in [4.69, 9.17) is 9.15 Å². The molecule has 0 atom stereocenters. The largest absolute Gasteiger partial charge is 0.486 e. The second-order valence-corrected chi connectivity index (χ2v) is 7.19. The molecule has 2 heterocycles. The first-order valence-corrected chi connectivity index (χ1v) is 9.34. The second kappa shape index (κ2) is 8.40. The molecule has 1 fully saturated rings. The molecule has 6 nitrogen and oxygen atoms in total. The minimum absolute atomic E-state index is 0.0313. The molecule has 7 heteroatoms. The van der Waals surface area contributed by atoms with Crippen molar-refractivity contribution in [2.24, 2.45) is 0 Å². The molecule has 2 aromatic rings. The summed E-state index contributed by atoms with van der Waals surface area (Å²) in [5.41, 5.74) is 0. The molecule has 0 unspecified atom stereocenters. The van der Waals surface area contributed by atoms with Crippen molar-refractivity contribution in [3.63, 3.8) is 0 Å². The summed E-state index contributed by atoms with van der Waals surface area (Å²) >= 11 is 3.38. The Labute approximate surface area is 160 Å². The van der Waals surface area contributed by atoms with Gasteiger partial charge in [0.2, 0.25) is 5.91 Å². The summed E-state index contributed by atoms with van der Waals surface area (Å²) in [7, 11) is 0. The number of nitrogens with one attached hydrogen (secondary N) is 1. The molecule has 0 bridgehead atoms. The van der Waals surface area contributed by atoms with Crippen molar-refractivity contribution in [3.05, 3.63) is 52.4 Å². The second-order valence-electron chi connectivity index (χ2n) is 6.28. The fraction of sp³-hybridized carbons (Fsp3) is 0.368. The highest BCUT2D eigenvalue weighted by Crippen LogP contribution is 2.19. The van der Waals surface area contributed by atoms with Crippen molar-refractivity contribution in [3.8, 4) is 5.75 Å². The summed E-state index contributed by atoms with van der Waals surface area (Å²) in [6.45, 7) is 2.99. The van der Waals surface area contributed by atoms with Gasteiger partial charge in [-0.2, -0.15) is 0 Å². The van der Waals surface area contributed by atoms with Crippen LogP contribution in [0.15, 0.2) is 45.3 Å². The lowest BCUT2D eigenvalue weighted by molar-refractivity contribution is -0.119. The fourth-order valence-corrected chi connectivity index (χ4v) is 3.19. The van der Waals surface area contributed by atoms with Gasteiger partial charge in [-0.1, -0.05) is 15.9 Å². The van der Waals surface area contributed by atoms with Crippen LogP contribution in [0.3, 0.4) is 0 Å². The maximum Gasteiger partial charge on any atom is 0.289 e. The number of carbonyl (C=O) groups is 2. The predicted octanol–water partition coefficient (Wildman–Crippen LogP) is 3.36. The van der Waals surface area contributed by atoms with Crippen LogP contribution < -0.4 is 10.1 Å². The quantitative estimate of drug-likeness (QED) is 0.804. The van der Waals surface area contributed by atoms with E-state index in [2.05, 4.69) is 21.2 Å².